The zero-order valence-corrected chi connectivity index (χ0v) is 13.5. The minimum absolute atomic E-state index is 0.125. The number of para-hydroxylation sites is 1. The van der Waals surface area contributed by atoms with Crippen molar-refractivity contribution >= 4 is 11.7 Å². The number of carbonyl (C=O) groups excluding carboxylic acids is 1. The monoisotopic (exact) mass is 317 g/mol. The first kappa shape index (κ1) is 16.8. The van der Waals surface area contributed by atoms with E-state index in [-0.39, 0.29) is 11.3 Å². The summed E-state index contributed by atoms with van der Waals surface area (Å²) < 4.78 is 24.0. The summed E-state index contributed by atoms with van der Waals surface area (Å²) in [6, 6.07) is 12.0. The van der Waals surface area contributed by atoms with Gasteiger partial charge in [-0.2, -0.15) is 0 Å². The summed E-state index contributed by atoms with van der Waals surface area (Å²) in [4.78, 5) is 13.4. The van der Waals surface area contributed by atoms with Crippen molar-refractivity contribution in [3.8, 4) is 5.75 Å². The molecule has 0 aliphatic carbocycles. The van der Waals surface area contributed by atoms with E-state index < -0.39 is 11.8 Å². The molecule has 2 aromatic rings. The Balaban J connectivity index is 2.01. The second kappa shape index (κ2) is 7.63. The fourth-order valence-electron chi connectivity index (χ4n) is 2.29. The van der Waals surface area contributed by atoms with E-state index in [0.717, 1.165) is 17.3 Å². The molecule has 0 fully saturated rings. The number of methoxy groups -OCH3 is 1. The molecule has 0 aliphatic rings. The largest absolute Gasteiger partial charge is 0.490 e. The van der Waals surface area contributed by atoms with E-state index in [1.807, 2.05) is 43.3 Å². The lowest BCUT2D eigenvalue weighted by Crippen LogP contribution is -2.13. The van der Waals surface area contributed by atoms with Crippen molar-refractivity contribution in [1.29, 1.82) is 0 Å². The lowest BCUT2D eigenvalue weighted by molar-refractivity contribution is 0.0600. The summed E-state index contributed by atoms with van der Waals surface area (Å²) in [5.74, 6) is -1.02. The molecule has 0 amide bonds. The SMILES string of the molecule is COC(=O)c1ccc(OCCc2ccccc2N(C)C)c(F)c1. The number of anilines is 1. The maximum atomic E-state index is 13.9. The third kappa shape index (κ3) is 4.22. The Kier molecular flexibility index (Phi) is 5.57. The molecule has 0 heterocycles. The van der Waals surface area contributed by atoms with Gasteiger partial charge in [-0.1, -0.05) is 18.2 Å². The van der Waals surface area contributed by atoms with Gasteiger partial charge in [-0.3, -0.25) is 0 Å². The Morgan fingerprint density at radius 3 is 2.57 bits per heavy atom. The molecule has 23 heavy (non-hydrogen) atoms. The molecule has 0 spiro atoms. The average molecular weight is 317 g/mol. The molecule has 2 aromatic carbocycles. The van der Waals surface area contributed by atoms with Crippen LogP contribution in [0, 0.1) is 5.82 Å². The first-order valence-corrected chi connectivity index (χ1v) is 7.29. The third-order valence-corrected chi connectivity index (χ3v) is 3.46. The zero-order chi connectivity index (χ0) is 16.8. The Bertz CT molecular complexity index is 686. The van der Waals surface area contributed by atoms with Crippen molar-refractivity contribution in [3.05, 3.63) is 59.4 Å². The van der Waals surface area contributed by atoms with Crippen LogP contribution in [0.25, 0.3) is 0 Å². The fraction of sp³-hybridized carbons (Fsp3) is 0.278. The summed E-state index contributed by atoms with van der Waals surface area (Å²) in [5, 5.41) is 0. The van der Waals surface area contributed by atoms with Crippen molar-refractivity contribution < 1.29 is 18.7 Å². The minimum Gasteiger partial charge on any atom is -0.490 e. The molecule has 0 N–H and O–H groups in total. The van der Waals surface area contributed by atoms with E-state index in [2.05, 4.69) is 4.74 Å². The van der Waals surface area contributed by atoms with E-state index in [1.165, 1.54) is 19.2 Å². The molecular formula is C18H20FNO3. The van der Waals surface area contributed by atoms with E-state index >= 15 is 0 Å². The molecule has 0 aromatic heterocycles. The lowest BCUT2D eigenvalue weighted by Gasteiger charge is -2.17. The topological polar surface area (TPSA) is 38.8 Å². The van der Waals surface area contributed by atoms with Crippen LogP contribution in [0.4, 0.5) is 10.1 Å². The predicted molar refractivity (Wildman–Crippen MR) is 87.7 cm³/mol. The van der Waals surface area contributed by atoms with E-state index in [1.54, 1.807) is 0 Å². The molecular weight excluding hydrogens is 297 g/mol. The molecule has 0 radical (unpaired) electrons. The van der Waals surface area contributed by atoms with Crippen LogP contribution in [0.3, 0.4) is 0 Å². The molecule has 0 bridgehead atoms. The standard InChI is InChI=1S/C18H20FNO3/c1-20(2)16-7-5-4-6-13(16)10-11-23-17-9-8-14(12-15(17)19)18(21)22-3/h4-9,12H,10-11H2,1-3H3. The highest BCUT2D eigenvalue weighted by Gasteiger charge is 2.11. The third-order valence-electron chi connectivity index (χ3n) is 3.46. The summed E-state index contributed by atoms with van der Waals surface area (Å²) >= 11 is 0. The zero-order valence-electron chi connectivity index (χ0n) is 13.5. The van der Waals surface area contributed by atoms with Gasteiger partial charge < -0.3 is 14.4 Å². The van der Waals surface area contributed by atoms with Gasteiger partial charge in [-0.25, -0.2) is 9.18 Å². The molecule has 0 aliphatic heterocycles. The van der Waals surface area contributed by atoms with Crippen molar-refractivity contribution in [2.45, 2.75) is 6.42 Å². The van der Waals surface area contributed by atoms with Crippen molar-refractivity contribution in [2.75, 3.05) is 32.7 Å². The lowest BCUT2D eigenvalue weighted by atomic mass is 10.1. The van der Waals surface area contributed by atoms with E-state index in [9.17, 15) is 9.18 Å². The van der Waals surface area contributed by atoms with Gasteiger partial charge in [-0.05, 0) is 29.8 Å². The molecule has 5 heteroatoms. The Labute approximate surface area is 135 Å². The maximum Gasteiger partial charge on any atom is 0.337 e. The molecule has 4 nitrogen and oxygen atoms in total. The number of ether oxygens (including phenoxy) is 2. The highest BCUT2D eigenvalue weighted by Crippen LogP contribution is 2.21. The van der Waals surface area contributed by atoms with E-state index in [4.69, 9.17) is 4.74 Å². The molecule has 0 atom stereocenters. The van der Waals surface area contributed by atoms with Crippen LogP contribution < -0.4 is 9.64 Å². The summed E-state index contributed by atoms with van der Waals surface area (Å²) in [7, 11) is 5.21. The molecule has 122 valence electrons. The Morgan fingerprint density at radius 2 is 1.91 bits per heavy atom. The van der Waals surface area contributed by atoms with Crippen LogP contribution in [0.15, 0.2) is 42.5 Å². The minimum atomic E-state index is -0.575. The summed E-state index contributed by atoms with van der Waals surface area (Å²) in [6.07, 6.45) is 0.659. The van der Waals surface area contributed by atoms with E-state index in [0.29, 0.717) is 13.0 Å². The molecule has 0 saturated heterocycles. The highest BCUT2D eigenvalue weighted by molar-refractivity contribution is 5.89. The van der Waals surface area contributed by atoms with Crippen molar-refractivity contribution in [3.63, 3.8) is 0 Å². The number of nitrogens with zero attached hydrogens (tertiary/aromatic N) is 1. The smallest absolute Gasteiger partial charge is 0.337 e. The quantitative estimate of drug-likeness (QED) is 0.766. The first-order chi connectivity index (χ1) is 11.0. The van der Waals surface area contributed by atoms with Gasteiger partial charge in [0.15, 0.2) is 11.6 Å². The molecule has 0 unspecified atom stereocenters. The second-order valence-corrected chi connectivity index (χ2v) is 5.26. The Morgan fingerprint density at radius 1 is 1.17 bits per heavy atom. The number of rotatable bonds is 6. The summed E-state index contributed by atoms with van der Waals surface area (Å²) in [6.45, 7) is 0.347. The number of benzene rings is 2. The normalized spacial score (nSPS) is 10.3. The van der Waals surface area contributed by atoms with Gasteiger partial charge in [0.05, 0.1) is 19.3 Å². The van der Waals surface area contributed by atoms with Gasteiger partial charge in [0.25, 0.3) is 0 Å². The number of hydrogen-bond acceptors (Lipinski definition) is 4. The van der Waals surface area contributed by atoms with Gasteiger partial charge in [0.2, 0.25) is 0 Å². The van der Waals surface area contributed by atoms with Crippen LogP contribution in [0.1, 0.15) is 15.9 Å². The van der Waals surface area contributed by atoms with Gasteiger partial charge in [-0.15, -0.1) is 0 Å². The summed E-state index contributed by atoms with van der Waals surface area (Å²) in [5.41, 5.74) is 2.40. The average Bonchev–Trinajstić information content (AvgIpc) is 2.55. The Hall–Kier alpha value is -2.56. The molecule has 2 rings (SSSR count). The van der Waals surface area contributed by atoms with Crippen LogP contribution >= 0.6 is 0 Å². The van der Waals surface area contributed by atoms with Crippen LogP contribution in [-0.2, 0) is 11.2 Å². The van der Waals surface area contributed by atoms with Crippen LogP contribution in [0.5, 0.6) is 5.75 Å². The number of carbonyl (C=O) groups is 1. The fourth-order valence-corrected chi connectivity index (χ4v) is 2.29. The number of esters is 1. The van der Waals surface area contributed by atoms with Crippen molar-refractivity contribution in [1.82, 2.24) is 0 Å². The number of halogens is 1. The van der Waals surface area contributed by atoms with Crippen LogP contribution in [0.2, 0.25) is 0 Å². The van der Waals surface area contributed by atoms with Gasteiger partial charge >= 0.3 is 5.97 Å². The molecule has 0 saturated carbocycles. The van der Waals surface area contributed by atoms with Crippen molar-refractivity contribution in [2.24, 2.45) is 0 Å². The van der Waals surface area contributed by atoms with Gasteiger partial charge in [0, 0.05) is 26.2 Å². The van der Waals surface area contributed by atoms with Crippen LogP contribution in [-0.4, -0.2) is 33.8 Å². The second-order valence-electron chi connectivity index (χ2n) is 5.26. The maximum absolute atomic E-state index is 13.9. The highest BCUT2D eigenvalue weighted by atomic mass is 19.1. The number of hydrogen-bond donors (Lipinski definition) is 0. The first-order valence-electron chi connectivity index (χ1n) is 7.29. The predicted octanol–water partition coefficient (Wildman–Crippen LogP) is 3.30. The van der Waals surface area contributed by atoms with Gasteiger partial charge in [0.1, 0.15) is 0 Å².